The molecule has 2 aromatic carbocycles. The summed E-state index contributed by atoms with van der Waals surface area (Å²) in [7, 11) is 0. The van der Waals surface area contributed by atoms with Crippen LogP contribution in [0.2, 0.25) is 0 Å². The number of carbonyl (C=O) groups excluding carboxylic acids is 2. The molecule has 2 aromatic rings. The summed E-state index contributed by atoms with van der Waals surface area (Å²) in [5.41, 5.74) is 7.42. The van der Waals surface area contributed by atoms with Gasteiger partial charge in [0, 0.05) is 5.56 Å². The second-order valence-electron chi connectivity index (χ2n) is 4.80. The van der Waals surface area contributed by atoms with Gasteiger partial charge in [-0.25, -0.2) is 0 Å². The Morgan fingerprint density at radius 1 is 0.952 bits per heavy atom. The minimum atomic E-state index is -0.657. The van der Waals surface area contributed by atoms with Crippen LogP contribution in [-0.4, -0.2) is 24.3 Å². The van der Waals surface area contributed by atoms with Crippen LogP contribution in [0.4, 0.5) is 0 Å². The molecule has 4 heteroatoms. The molecular weight excluding hydrogens is 264 g/mol. The van der Waals surface area contributed by atoms with Crippen LogP contribution in [0.25, 0.3) is 0 Å². The van der Waals surface area contributed by atoms with Gasteiger partial charge in [-0.05, 0) is 12.0 Å². The summed E-state index contributed by atoms with van der Waals surface area (Å²) in [6.07, 6.45) is 0.451. The van der Waals surface area contributed by atoms with Crippen LogP contribution in [-0.2, 0) is 11.2 Å². The normalized spacial score (nSPS) is 11.7. The summed E-state index contributed by atoms with van der Waals surface area (Å²) in [6.45, 7) is -0.0364. The molecule has 0 aliphatic rings. The van der Waals surface area contributed by atoms with Gasteiger partial charge in [-0.2, -0.15) is 0 Å². The summed E-state index contributed by atoms with van der Waals surface area (Å²) in [5, 5.41) is 2.59. The first-order valence-corrected chi connectivity index (χ1v) is 6.82. The van der Waals surface area contributed by atoms with Crippen LogP contribution in [0.15, 0.2) is 60.7 Å². The monoisotopic (exact) mass is 282 g/mol. The summed E-state index contributed by atoms with van der Waals surface area (Å²) in [6, 6.07) is 17.8. The Morgan fingerprint density at radius 2 is 1.52 bits per heavy atom. The van der Waals surface area contributed by atoms with Crippen molar-refractivity contribution < 1.29 is 9.59 Å². The zero-order valence-electron chi connectivity index (χ0n) is 11.7. The van der Waals surface area contributed by atoms with E-state index < -0.39 is 6.04 Å². The van der Waals surface area contributed by atoms with Crippen molar-refractivity contribution in [2.45, 2.75) is 12.5 Å². The first-order chi connectivity index (χ1) is 10.2. The molecule has 3 N–H and O–H groups in total. The maximum absolute atomic E-state index is 11.9. The second kappa shape index (κ2) is 7.36. The minimum absolute atomic E-state index is 0.0364. The topological polar surface area (TPSA) is 72.2 Å². The van der Waals surface area contributed by atoms with Crippen molar-refractivity contribution in [3.8, 4) is 0 Å². The fourth-order valence-electron chi connectivity index (χ4n) is 1.99. The number of hydrogen-bond acceptors (Lipinski definition) is 3. The molecular formula is C17H18N2O2. The molecule has 0 radical (unpaired) electrons. The number of nitrogens with one attached hydrogen (secondary N) is 1. The second-order valence-corrected chi connectivity index (χ2v) is 4.80. The van der Waals surface area contributed by atoms with E-state index in [-0.39, 0.29) is 18.2 Å². The molecule has 0 spiro atoms. The van der Waals surface area contributed by atoms with Crippen molar-refractivity contribution in [3.05, 3.63) is 71.8 Å². The highest BCUT2D eigenvalue weighted by Gasteiger charge is 2.15. The van der Waals surface area contributed by atoms with Crippen LogP contribution in [0, 0.1) is 0 Å². The lowest BCUT2D eigenvalue weighted by Gasteiger charge is -2.12. The van der Waals surface area contributed by atoms with Crippen molar-refractivity contribution in [1.29, 1.82) is 0 Å². The number of ketones is 1. The van der Waals surface area contributed by atoms with Gasteiger partial charge < -0.3 is 11.1 Å². The standard InChI is InChI=1S/C17H18N2O2/c18-15(11-13-7-3-1-4-8-13)17(21)19-12-16(20)14-9-5-2-6-10-14/h1-10,15H,11-12,18H2,(H,19,21)/t15-/m0/s1. The zero-order valence-corrected chi connectivity index (χ0v) is 11.7. The highest BCUT2D eigenvalue weighted by molar-refractivity contribution is 5.99. The van der Waals surface area contributed by atoms with Gasteiger partial charge in [0.25, 0.3) is 0 Å². The predicted molar refractivity (Wildman–Crippen MR) is 81.9 cm³/mol. The van der Waals surface area contributed by atoms with Crippen LogP contribution >= 0.6 is 0 Å². The van der Waals surface area contributed by atoms with E-state index in [2.05, 4.69) is 5.32 Å². The lowest BCUT2D eigenvalue weighted by atomic mass is 10.1. The molecule has 4 nitrogen and oxygen atoms in total. The SMILES string of the molecule is N[C@@H](Cc1ccccc1)C(=O)NCC(=O)c1ccccc1. The van der Waals surface area contributed by atoms with Crippen molar-refractivity contribution in [2.24, 2.45) is 5.73 Å². The van der Waals surface area contributed by atoms with Gasteiger partial charge in [0.05, 0.1) is 12.6 Å². The van der Waals surface area contributed by atoms with Crippen molar-refractivity contribution in [2.75, 3.05) is 6.54 Å². The summed E-state index contributed by atoms with van der Waals surface area (Å²) in [5.74, 6) is -0.445. The van der Waals surface area contributed by atoms with Gasteiger partial charge in [-0.3, -0.25) is 9.59 Å². The minimum Gasteiger partial charge on any atom is -0.347 e. The predicted octanol–water partition coefficient (Wildman–Crippen LogP) is 1.56. The number of amides is 1. The van der Waals surface area contributed by atoms with E-state index in [0.29, 0.717) is 12.0 Å². The molecule has 21 heavy (non-hydrogen) atoms. The third kappa shape index (κ3) is 4.54. The average Bonchev–Trinajstić information content (AvgIpc) is 2.54. The molecule has 0 unspecified atom stereocenters. The van der Waals surface area contributed by atoms with E-state index in [1.165, 1.54) is 0 Å². The number of nitrogens with two attached hydrogens (primary N) is 1. The first-order valence-electron chi connectivity index (χ1n) is 6.82. The lowest BCUT2D eigenvalue weighted by Crippen LogP contribution is -2.43. The largest absolute Gasteiger partial charge is 0.347 e. The molecule has 0 aliphatic heterocycles. The van der Waals surface area contributed by atoms with E-state index in [4.69, 9.17) is 5.73 Å². The Balaban J connectivity index is 1.83. The summed E-state index contributed by atoms with van der Waals surface area (Å²) in [4.78, 5) is 23.8. The molecule has 0 aromatic heterocycles. The van der Waals surface area contributed by atoms with Crippen molar-refractivity contribution >= 4 is 11.7 Å². The number of Topliss-reactive ketones (excluding diaryl/α,β-unsaturated/α-hetero) is 1. The average molecular weight is 282 g/mol. The van der Waals surface area contributed by atoms with E-state index in [1.54, 1.807) is 24.3 Å². The highest BCUT2D eigenvalue weighted by atomic mass is 16.2. The number of carbonyl (C=O) groups is 2. The van der Waals surface area contributed by atoms with Gasteiger partial charge in [-0.15, -0.1) is 0 Å². The molecule has 108 valence electrons. The Bertz CT molecular complexity index is 597. The summed E-state index contributed by atoms with van der Waals surface area (Å²) >= 11 is 0. The molecule has 1 amide bonds. The third-order valence-corrected chi connectivity index (χ3v) is 3.15. The van der Waals surface area contributed by atoms with E-state index >= 15 is 0 Å². The Hall–Kier alpha value is -2.46. The maximum Gasteiger partial charge on any atom is 0.237 e. The molecule has 0 heterocycles. The van der Waals surface area contributed by atoms with Crippen LogP contribution < -0.4 is 11.1 Å². The van der Waals surface area contributed by atoms with Crippen molar-refractivity contribution in [1.82, 2.24) is 5.32 Å². The van der Waals surface area contributed by atoms with Crippen LogP contribution in [0.3, 0.4) is 0 Å². The molecule has 0 bridgehead atoms. The fraction of sp³-hybridized carbons (Fsp3) is 0.176. The molecule has 0 saturated carbocycles. The number of hydrogen-bond donors (Lipinski definition) is 2. The molecule has 0 saturated heterocycles. The fourth-order valence-corrected chi connectivity index (χ4v) is 1.99. The molecule has 0 aliphatic carbocycles. The zero-order chi connectivity index (χ0) is 15.1. The first kappa shape index (κ1) is 14.9. The quantitative estimate of drug-likeness (QED) is 0.790. The van der Waals surface area contributed by atoms with Crippen LogP contribution in [0.5, 0.6) is 0 Å². The van der Waals surface area contributed by atoms with Gasteiger partial charge in [0.1, 0.15) is 0 Å². The van der Waals surface area contributed by atoms with Gasteiger partial charge in [0.2, 0.25) is 5.91 Å². The van der Waals surface area contributed by atoms with Gasteiger partial charge in [-0.1, -0.05) is 60.7 Å². The van der Waals surface area contributed by atoms with Gasteiger partial charge >= 0.3 is 0 Å². The Morgan fingerprint density at radius 3 is 2.14 bits per heavy atom. The lowest BCUT2D eigenvalue weighted by molar-refractivity contribution is -0.122. The maximum atomic E-state index is 11.9. The molecule has 0 fully saturated rings. The number of rotatable bonds is 6. The van der Waals surface area contributed by atoms with E-state index in [0.717, 1.165) is 5.56 Å². The molecule has 2 rings (SSSR count). The van der Waals surface area contributed by atoms with E-state index in [9.17, 15) is 9.59 Å². The Labute approximate surface area is 124 Å². The highest BCUT2D eigenvalue weighted by Crippen LogP contribution is 2.02. The Kier molecular flexibility index (Phi) is 5.23. The smallest absolute Gasteiger partial charge is 0.237 e. The third-order valence-electron chi connectivity index (χ3n) is 3.15. The molecule has 1 atom stereocenters. The van der Waals surface area contributed by atoms with Crippen molar-refractivity contribution in [3.63, 3.8) is 0 Å². The van der Waals surface area contributed by atoms with Gasteiger partial charge in [0.15, 0.2) is 5.78 Å². The van der Waals surface area contributed by atoms with Crippen LogP contribution in [0.1, 0.15) is 15.9 Å². The summed E-state index contributed by atoms with van der Waals surface area (Å²) < 4.78 is 0. The van der Waals surface area contributed by atoms with E-state index in [1.807, 2.05) is 36.4 Å². The number of benzene rings is 2.